The van der Waals surface area contributed by atoms with Gasteiger partial charge < -0.3 is 15.4 Å². The van der Waals surface area contributed by atoms with Crippen LogP contribution in [0.1, 0.15) is 35.3 Å². The Hall–Kier alpha value is -1.83. The van der Waals surface area contributed by atoms with Crippen LogP contribution in [-0.2, 0) is 4.74 Å². The molecule has 0 aliphatic carbocycles. The van der Waals surface area contributed by atoms with Crippen LogP contribution < -0.4 is 5.73 Å². The summed E-state index contributed by atoms with van der Waals surface area (Å²) in [4.78, 5) is 14.5. The molecule has 1 aliphatic heterocycles. The molecule has 0 radical (unpaired) electrons. The number of nitrogens with zero attached hydrogens (tertiary/aromatic N) is 1. The smallest absolute Gasteiger partial charge is 0.254 e. The second-order valence-electron chi connectivity index (χ2n) is 5.50. The molecule has 0 bridgehead atoms. The molecule has 1 amide bonds. The van der Waals surface area contributed by atoms with Crippen molar-refractivity contribution in [3.63, 3.8) is 0 Å². The standard InChI is InChI=1S/C17H22N2O2/c1-12-6-7-16(9-15(12)5-4-8-18)17(20)19-10-13(2)21-14(3)11-19/h6-7,9,13-14H,8,10-11,18H2,1-3H3/t13-,14+. The van der Waals surface area contributed by atoms with Crippen molar-refractivity contribution in [1.82, 2.24) is 4.90 Å². The first-order valence-electron chi connectivity index (χ1n) is 7.25. The predicted molar refractivity (Wildman–Crippen MR) is 83.0 cm³/mol. The Kier molecular flexibility index (Phi) is 5.00. The lowest BCUT2D eigenvalue weighted by atomic mass is 10.0. The summed E-state index contributed by atoms with van der Waals surface area (Å²) in [6, 6.07) is 5.64. The van der Waals surface area contributed by atoms with Crippen LogP contribution in [0.2, 0.25) is 0 Å². The van der Waals surface area contributed by atoms with E-state index >= 15 is 0 Å². The van der Waals surface area contributed by atoms with Gasteiger partial charge in [0.2, 0.25) is 0 Å². The molecule has 0 saturated carbocycles. The number of hydrogen-bond acceptors (Lipinski definition) is 3. The highest BCUT2D eigenvalue weighted by Gasteiger charge is 2.26. The first-order valence-corrected chi connectivity index (χ1v) is 7.25. The van der Waals surface area contributed by atoms with Gasteiger partial charge in [0.15, 0.2) is 0 Å². The number of carbonyl (C=O) groups excluding carboxylic acids is 1. The van der Waals surface area contributed by atoms with Gasteiger partial charge in [-0.1, -0.05) is 17.9 Å². The highest BCUT2D eigenvalue weighted by atomic mass is 16.5. The monoisotopic (exact) mass is 286 g/mol. The summed E-state index contributed by atoms with van der Waals surface area (Å²) in [5.74, 6) is 5.89. The van der Waals surface area contributed by atoms with Crippen LogP contribution in [0.4, 0.5) is 0 Å². The van der Waals surface area contributed by atoms with E-state index in [1.165, 1.54) is 0 Å². The quantitative estimate of drug-likeness (QED) is 0.797. The molecule has 1 aromatic carbocycles. The van der Waals surface area contributed by atoms with Crippen molar-refractivity contribution in [3.05, 3.63) is 34.9 Å². The van der Waals surface area contributed by atoms with E-state index in [0.29, 0.717) is 25.2 Å². The molecule has 21 heavy (non-hydrogen) atoms. The van der Waals surface area contributed by atoms with Crippen LogP contribution in [0.3, 0.4) is 0 Å². The van der Waals surface area contributed by atoms with Gasteiger partial charge in [-0.05, 0) is 38.5 Å². The number of hydrogen-bond donors (Lipinski definition) is 1. The van der Waals surface area contributed by atoms with E-state index in [2.05, 4.69) is 11.8 Å². The third-order valence-electron chi connectivity index (χ3n) is 3.52. The van der Waals surface area contributed by atoms with Crippen LogP contribution in [0.25, 0.3) is 0 Å². The molecule has 1 aliphatic rings. The van der Waals surface area contributed by atoms with Crippen molar-refractivity contribution in [1.29, 1.82) is 0 Å². The molecule has 4 nitrogen and oxygen atoms in total. The average molecular weight is 286 g/mol. The molecule has 1 heterocycles. The Morgan fingerprint density at radius 2 is 2.05 bits per heavy atom. The molecular formula is C17H22N2O2. The topological polar surface area (TPSA) is 55.6 Å². The normalized spacial score (nSPS) is 21.6. The molecule has 0 spiro atoms. The van der Waals surface area contributed by atoms with Crippen molar-refractivity contribution >= 4 is 5.91 Å². The Balaban J connectivity index is 2.23. The third-order valence-corrected chi connectivity index (χ3v) is 3.52. The van der Waals surface area contributed by atoms with Crippen LogP contribution in [-0.4, -0.2) is 42.6 Å². The van der Waals surface area contributed by atoms with Gasteiger partial charge in [-0.2, -0.15) is 0 Å². The van der Waals surface area contributed by atoms with E-state index in [1.54, 1.807) is 0 Å². The van der Waals surface area contributed by atoms with Gasteiger partial charge in [0.1, 0.15) is 0 Å². The van der Waals surface area contributed by atoms with Gasteiger partial charge in [0.25, 0.3) is 5.91 Å². The maximum absolute atomic E-state index is 12.6. The van der Waals surface area contributed by atoms with E-state index in [0.717, 1.165) is 11.1 Å². The minimum absolute atomic E-state index is 0.0350. The van der Waals surface area contributed by atoms with Gasteiger partial charge in [-0.25, -0.2) is 0 Å². The lowest BCUT2D eigenvalue weighted by Crippen LogP contribution is -2.48. The van der Waals surface area contributed by atoms with E-state index in [1.807, 2.05) is 43.9 Å². The molecule has 112 valence electrons. The highest BCUT2D eigenvalue weighted by Crippen LogP contribution is 2.16. The zero-order valence-corrected chi connectivity index (χ0v) is 12.8. The summed E-state index contributed by atoms with van der Waals surface area (Å²) >= 11 is 0. The third kappa shape index (κ3) is 3.84. The van der Waals surface area contributed by atoms with Crippen molar-refractivity contribution in [2.75, 3.05) is 19.6 Å². The SMILES string of the molecule is Cc1ccc(C(=O)N2C[C@@H](C)O[C@@H](C)C2)cc1C#CCN. The Labute approximate surface area is 126 Å². The van der Waals surface area contributed by atoms with Crippen LogP contribution >= 0.6 is 0 Å². The van der Waals surface area contributed by atoms with Crippen LogP contribution in [0.5, 0.6) is 0 Å². The molecule has 1 fully saturated rings. The van der Waals surface area contributed by atoms with Crippen molar-refractivity contribution < 1.29 is 9.53 Å². The highest BCUT2D eigenvalue weighted by molar-refractivity contribution is 5.94. The average Bonchev–Trinajstić information content (AvgIpc) is 2.44. The molecule has 1 aromatic rings. The first kappa shape index (κ1) is 15.6. The van der Waals surface area contributed by atoms with Crippen LogP contribution in [0.15, 0.2) is 18.2 Å². The zero-order chi connectivity index (χ0) is 15.4. The lowest BCUT2D eigenvalue weighted by Gasteiger charge is -2.35. The summed E-state index contributed by atoms with van der Waals surface area (Å²) in [6.45, 7) is 7.53. The maximum atomic E-state index is 12.6. The number of carbonyl (C=O) groups is 1. The van der Waals surface area contributed by atoms with E-state index < -0.39 is 0 Å². The molecule has 2 N–H and O–H groups in total. The summed E-state index contributed by atoms with van der Waals surface area (Å²) in [6.07, 6.45) is 0.138. The van der Waals surface area contributed by atoms with Gasteiger partial charge in [0.05, 0.1) is 18.8 Å². The van der Waals surface area contributed by atoms with Gasteiger partial charge in [-0.3, -0.25) is 4.79 Å². The minimum atomic E-state index is 0.0350. The summed E-state index contributed by atoms with van der Waals surface area (Å²) in [5.41, 5.74) is 7.99. The lowest BCUT2D eigenvalue weighted by molar-refractivity contribution is -0.0586. The molecule has 2 atom stereocenters. The summed E-state index contributed by atoms with van der Waals surface area (Å²) in [7, 11) is 0. The number of amides is 1. The second-order valence-corrected chi connectivity index (χ2v) is 5.50. The minimum Gasteiger partial charge on any atom is -0.372 e. The van der Waals surface area contributed by atoms with Gasteiger partial charge >= 0.3 is 0 Å². The second kappa shape index (κ2) is 6.75. The van der Waals surface area contributed by atoms with E-state index in [4.69, 9.17) is 10.5 Å². The van der Waals surface area contributed by atoms with Crippen molar-refractivity contribution in [3.8, 4) is 11.8 Å². The summed E-state index contributed by atoms with van der Waals surface area (Å²) in [5, 5.41) is 0. The fourth-order valence-electron chi connectivity index (χ4n) is 2.56. The predicted octanol–water partition coefficient (Wildman–Crippen LogP) is 1.55. The molecule has 0 aromatic heterocycles. The zero-order valence-electron chi connectivity index (χ0n) is 12.8. The molecule has 1 saturated heterocycles. The van der Waals surface area contributed by atoms with Gasteiger partial charge in [-0.15, -0.1) is 0 Å². The molecular weight excluding hydrogens is 264 g/mol. The van der Waals surface area contributed by atoms with E-state index in [-0.39, 0.29) is 18.1 Å². The Morgan fingerprint density at radius 1 is 1.38 bits per heavy atom. The fourth-order valence-corrected chi connectivity index (χ4v) is 2.56. The number of ether oxygens (including phenoxy) is 1. The molecule has 0 unspecified atom stereocenters. The number of nitrogens with two attached hydrogens (primary N) is 1. The number of morpholine rings is 1. The van der Waals surface area contributed by atoms with Gasteiger partial charge in [0, 0.05) is 24.2 Å². The van der Waals surface area contributed by atoms with E-state index in [9.17, 15) is 4.79 Å². The maximum Gasteiger partial charge on any atom is 0.254 e. The largest absolute Gasteiger partial charge is 0.372 e. The summed E-state index contributed by atoms with van der Waals surface area (Å²) < 4.78 is 5.67. The Bertz CT molecular complexity index is 576. The molecule has 2 rings (SSSR count). The number of benzene rings is 1. The first-order chi connectivity index (χ1) is 10.0. The molecule has 4 heteroatoms. The number of aryl methyl sites for hydroxylation is 1. The number of rotatable bonds is 1. The van der Waals surface area contributed by atoms with Crippen molar-refractivity contribution in [2.24, 2.45) is 5.73 Å². The van der Waals surface area contributed by atoms with Crippen LogP contribution in [0, 0.1) is 18.8 Å². The van der Waals surface area contributed by atoms with Crippen molar-refractivity contribution in [2.45, 2.75) is 33.0 Å². The fraction of sp³-hybridized carbons (Fsp3) is 0.471. The Morgan fingerprint density at radius 3 is 2.67 bits per heavy atom.